The number of benzene rings is 4. The van der Waals surface area contributed by atoms with Gasteiger partial charge in [-0.25, -0.2) is 0 Å². The first-order valence-electron chi connectivity index (χ1n) is 12.7. The lowest BCUT2D eigenvalue weighted by Crippen LogP contribution is -2.39. The summed E-state index contributed by atoms with van der Waals surface area (Å²) in [5.41, 5.74) is 4.78. The van der Waals surface area contributed by atoms with Gasteiger partial charge in [0, 0.05) is 24.6 Å². The first-order chi connectivity index (χ1) is 18.2. The molecule has 1 aliphatic heterocycles. The van der Waals surface area contributed by atoms with Crippen LogP contribution < -0.4 is 15.0 Å². The number of fused-ring (bicyclic) bond motifs is 1. The van der Waals surface area contributed by atoms with Crippen molar-refractivity contribution in [2.45, 2.75) is 25.2 Å². The molecule has 0 aliphatic carbocycles. The molecule has 4 aromatic rings. The zero-order valence-electron chi connectivity index (χ0n) is 20.7. The van der Waals surface area contributed by atoms with Crippen LogP contribution in [0.5, 0.6) is 5.75 Å². The van der Waals surface area contributed by atoms with Gasteiger partial charge in [-0.05, 0) is 47.7 Å². The van der Waals surface area contributed by atoms with E-state index in [9.17, 15) is 9.59 Å². The highest BCUT2D eigenvalue weighted by Gasteiger charge is 2.26. The Morgan fingerprint density at radius 3 is 2.11 bits per heavy atom. The Kier molecular flexibility index (Phi) is 7.60. The number of aryl methyl sites for hydroxylation is 1. The Balaban J connectivity index is 1.29. The first kappa shape index (κ1) is 24.3. The molecule has 0 bridgehead atoms. The van der Waals surface area contributed by atoms with Crippen molar-refractivity contribution in [3.8, 4) is 5.75 Å². The number of rotatable bonds is 9. The molecule has 0 radical (unpaired) electrons. The van der Waals surface area contributed by atoms with Gasteiger partial charge in [0.15, 0.2) is 6.61 Å². The molecule has 1 aliphatic rings. The number of carbonyl (C=O) groups excluding carboxylic acids is 2. The zero-order valence-corrected chi connectivity index (χ0v) is 20.7. The lowest BCUT2D eigenvalue weighted by Gasteiger charge is -2.30. The average Bonchev–Trinajstić information content (AvgIpc) is 2.94. The number of hydrogen-bond donors (Lipinski definition) is 1. The summed E-state index contributed by atoms with van der Waals surface area (Å²) in [5.74, 6) is 0.441. The van der Waals surface area contributed by atoms with Crippen LogP contribution in [0.2, 0.25) is 0 Å². The van der Waals surface area contributed by atoms with Crippen molar-refractivity contribution in [3.05, 3.63) is 126 Å². The van der Waals surface area contributed by atoms with Gasteiger partial charge in [-0.2, -0.15) is 0 Å². The molecule has 0 saturated heterocycles. The highest BCUT2D eigenvalue weighted by atomic mass is 16.5. The standard InChI is InChI=1S/C32H30N2O3/c35-31(22-28(25-14-6-2-7-15-25)26-16-8-3-9-17-26)33-27-18-19-30-29(21-27)34(32(36)23-37-30)20-10-13-24-11-4-1-5-12-24/h1-9,11-12,14-19,21,28H,10,13,20,22-23H2,(H,33,35). The minimum absolute atomic E-state index is 0.0277. The summed E-state index contributed by atoms with van der Waals surface area (Å²) in [7, 11) is 0. The highest BCUT2D eigenvalue weighted by Crippen LogP contribution is 2.35. The molecule has 1 N–H and O–H groups in total. The van der Waals surface area contributed by atoms with Gasteiger partial charge in [0.2, 0.25) is 5.91 Å². The number of hydrogen-bond acceptors (Lipinski definition) is 3. The van der Waals surface area contributed by atoms with Gasteiger partial charge in [0.1, 0.15) is 5.75 Å². The predicted octanol–water partition coefficient (Wildman–Crippen LogP) is 6.21. The Bertz CT molecular complexity index is 1300. The maximum atomic E-state index is 13.2. The number of amides is 2. The Hall–Kier alpha value is -4.38. The molecule has 0 atom stereocenters. The number of anilines is 2. The van der Waals surface area contributed by atoms with Crippen LogP contribution in [0.15, 0.2) is 109 Å². The second kappa shape index (κ2) is 11.6. The van der Waals surface area contributed by atoms with E-state index >= 15 is 0 Å². The van der Waals surface area contributed by atoms with Crippen molar-refractivity contribution in [3.63, 3.8) is 0 Å². The minimum Gasteiger partial charge on any atom is -0.482 e. The van der Waals surface area contributed by atoms with Gasteiger partial charge >= 0.3 is 0 Å². The van der Waals surface area contributed by atoms with E-state index in [1.165, 1.54) is 5.56 Å². The second-order valence-corrected chi connectivity index (χ2v) is 9.23. The summed E-state index contributed by atoms with van der Waals surface area (Å²) in [6, 6.07) is 35.9. The van der Waals surface area contributed by atoms with Gasteiger partial charge in [-0.1, -0.05) is 91.0 Å². The van der Waals surface area contributed by atoms with E-state index in [0.29, 0.717) is 30.1 Å². The van der Waals surface area contributed by atoms with Crippen LogP contribution >= 0.6 is 0 Å². The normalized spacial score (nSPS) is 12.7. The van der Waals surface area contributed by atoms with E-state index in [-0.39, 0.29) is 24.3 Å². The highest BCUT2D eigenvalue weighted by molar-refractivity contribution is 5.99. The van der Waals surface area contributed by atoms with Crippen molar-refractivity contribution in [2.75, 3.05) is 23.4 Å². The lowest BCUT2D eigenvalue weighted by atomic mass is 9.88. The van der Waals surface area contributed by atoms with Gasteiger partial charge in [0.05, 0.1) is 5.69 Å². The Morgan fingerprint density at radius 1 is 0.838 bits per heavy atom. The second-order valence-electron chi connectivity index (χ2n) is 9.23. The van der Waals surface area contributed by atoms with E-state index in [4.69, 9.17) is 4.74 Å². The summed E-state index contributed by atoms with van der Waals surface area (Å²) >= 11 is 0. The molecule has 5 rings (SSSR count). The van der Waals surface area contributed by atoms with Crippen LogP contribution in [0, 0.1) is 0 Å². The summed E-state index contributed by atoms with van der Waals surface area (Å²) in [4.78, 5) is 27.7. The summed E-state index contributed by atoms with van der Waals surface area (Å²) in [5, 5.41) is 3.05. The van der Waals surface area contributed by atoms with Gasteiger partial charge in [-0.3, -0.25) is 9.59 Å². The van der Waals surface area contributed by atoms with E-state index in [1.807, 2.05) is 72.8 Å². The van der Waals surface area contributed by atoms with Gasteiger partial charge < -0.3 is 15.0 Å². The van der Waals surface area contributed by atoms with E-state index in [1.54, 1.807) is 4.90 Å². The topological polar surface area (TPSA) is 58.6 Å². The molecule has 5 nitrogen and oxygen atoms in total. The maximum Gasteiger partial charge on any atom is 0.265 e. The van der Waals surface area contributed by atoms with E-state index < -0.39 is 0 Å². The van der Waals surface area contributed by atoms with Crippen molar-refractivity contribution in [2.24, 2.45) is 0 Å². The molecule has 4 aromatic carbocycles. The molecule has 0 spiro atoms. The average molecular weight is 491 g/mol. The van der Waals surface area contributed by atoms with E-state index in [2.05, 4.69) is 41.7 Å². The monoisotopic (exact) mass is 490 g/mol. The molecule has 0 unspecified atom stereocenters. The van der Waals surface area contributed by atoms with Gasteiger partial charge in [0.25, 0.3) is 5.91 Å². The Labute approximate surface area is 217 Å². The molecule has 0 fully saturated rings. The molecule has 2 amide bonds. The third-order valence-corrected chi connectivity index (χ3v) is 6.67. The van der Waals surface area contributed by atoms with Crippen molar-refractivity contribution < 1.29 is 14.3 Å². The molecular formula is C32H30N2O3. The molecule has 5 heteroatoms. The minimum atomic E-state index is -0.0867. The fourth-order valence-corrected chi connectivity index (χ4v) is 4.81. The van der Waals surface area contributed by atoms with Crippen LogP contribution in [0.1, 0.15) is 35.4 Å². The molecule has 0 aromatic heterocycles. The SMILES string of the molecule is O=C(CC(c1ccccc1)c1ccccc1)Nc1ccc2c(c1)N(CCCc1ccccc1)C(=O)CO2. The fourth-order valence-electron chi connectivity index (χ4n) is 4.81. The van der Waals surface area contributed by atoms with Crippen LogP contribution in [0.3, 0.4) is 0 Å². The van der Waals surface area contributed by atoms with Gasteiger partial charge in [-0.15, -0.1) is 0 Å². The lowest BCUT2D eigenvalue weighted by molar-refractivity contribution is -0.121. The largest absolute Gasteiger partial charge is 0.482 e. The number of ether oxygens (including phenoxy) is 1. The smallest absolute Gasteiger partial charge is 0.265 e. The molecule has 186 valence electrons. The van der Waals surface area contributed by atoms with Crippen LogP contribution in [-0.4, -0.2) is 25.0 Å². The van der Waals surface area contributed by atoms with E-state index in [0.717, 1.165) is 24.0 Å². The zero-order chi connectivity index (χ0) is 25.5. The third-order valence-electron chi connectivity index (χ3n) is 6.67. The van der Waals surface area contributed by atoms with Crippen molar-refractivity contribution in [1.29, 1.82) is 0 Å². The molecule has 0 saturated carbocycles. The fraction of sp³-hybridized carbons (Fsp3) is 0.188. The number of nitrogens with zero attached hydrogens (tertiary/aromatic N) is 1. The molecule has 1 heterocycles. The molecular weight excluding hydrogens is 460 g/mol. The quantitative estimate of drug-likeness (QED) is 0.304. The molecule has 37 heavy (non-hydrogen) atoms. The number of carbonyl (C=O) groups is 2. The maximum absolute atomic E-state index is 13.2. The Morgan fingerprint density at radius 2 is 1.46 bits per heavy atom. The summed E-state index contributed by atoms with van der Waals surface area (Å²) in [6.45, 7) is 0.617. The first-order valence-corrected chi connectivity index (χ1v) is 12.7. The van der Waals surface area contributed by atoms with Crippen molar-refractivity contribution >= 4 is 23.2 Å². The summed E-state index contributed by atoms with van der Waals surface area (Å²) in [6.07, 6.45) is 2.03. The predicted molar refractivity (Wildman–Crippen MR) is 147 cm³/mol. The summed E-state index contributed by atoms with van der Waals surface area (Å²) < 4.78 is 5.67. The number of nitrogens with one attached hydrogen (secondary N) is 1. The van der Waals surface area contributed by atoms with Crippen LogP contribution in [0.4, 0.5) is 11.4 Å². The van der Waals surface area contributed by atoms with Crippen molar-refractivity contribution in [1.82, 2.24) is 0 Å². The third kappa shape index (κ3) is 6.07. The van der Waals surface area contributed by atoms with Crippen LogP contribution in [0.25, 0.3) is 0 Å². The van der Waals surface area contributed by atoms with Crippen LogP contribution in [-0.2, 0) is 16.0 Å².